The van der Waals surface area contributed by atoms with Gasteiger partial charge in [-0.3, -0.25) is 0 Å². The van der Waals surface area contributed by atoms with Crippen molar-refractivity contribution in [3.63, 3.8) is 0 Å². The third kappa shape index (κ3) is 97.8. The first-order chi connectivity index (χ1) is 40.4. The summed E-state index contributed by atoms with van der Waals surface area (Å²) in [5, 5.41) is 0. The molecule has 0 saturated heterocycles. The minimum Gasteiger partial charge on any atom is 0 e. The molecule has 0 radical (unpaired) electrons. The first-order valence-corrected chi connectivity index (χ1v) is 120. The highest BCUT2D eigenvalue weighted by Crippen LogP contribution is 1.48. The molecular weight excluding hydrogens is 2600 g/mol. The largest absolute Gasteiger partial charge is 0 e. The average molecular weight is 2600 g/mol. The highest BCUT2D eigenvalue weighted by Gasteiger charge is 1.49. The van der Waals surface area contributed by atoms with E-state index in [0.717, 1.165) is 0 Å². The summed E-state index contributed by atoms with van der Waals surface area (Å²) in [5.41, 5.74) is 0. The van der Waals surface area contributed by atoms with Gasteiger partial charge in [0, 0.05) is 724 Å². The van der Waals surface area contributed by atoms with Gasteiger partial charge in [-0.1, -0.05) is 0 Å². The zero-order valence-electron chi connectivity index (χ0n) is 33.1. The maximum Gasteiger partial charge on any atom is 0 e. The Balaban J connectivity index is 6.16. The van der Waals surface area contributed by atoms with Crippen molar-refractivity contribution in [2.75, 3.05) is 0 Å². The summed E-state index contributed by atoms with van der Waals surface area (Å²) < 4.78 is 0. The molecule has 0 aromatic heterocycles. The SMILES string of the molecule is S=S=S=S=S=S=S=S=S=S=S=S=S=S=S=S=S=S=S=S=S=S=S=S=S=S=S=S=S=S=S=S=S=S=S=S=S=S=S=S=S=S=S=S=S=S=S=S=S=S=S=S=S=S=S=S=S=S=S=S=S=S=S=S=S=S=S=S=S=S=S=S=S=S=S=S=S=S=S=S=S. The number of hydrogen-bond acceptors (Lipinski definition) is 2. The lowest BCUT2D eigenvalue weighted by molar-refractivity contribution is 5.95. The molecule has 0 aromatic rings. The van der Waals surface area contributed by atoms with Gasteiger partial charge in [0.1, 0.15) is 0 Å². The molecule has 0 unspecified atom stereocenters. The molecule has 0 amide bonds. The monoisotopic (exact) mass is 2590 g/mol. The van der Waals surface area contributed by atoms with Gasteiger partial charge in [0.25, 0.3) is 0 Å². The maximum absolute atomic E-state index is 4.83. The quantitative estimate of drug-likeness (QED) is 0.331. The molecule has 0 fully saturated rings. The van der Waals surface area contributed by atoms with Crippen molar-refractivity contribution in [1.82, 2.24) is 0 Å². The lowest BCUT2D eigenvalue weighted by atomic mass is 30.7. The van der Waals surface area contributed by atoms with Crippen LogP contribution in [0, 0.1) is 0 Å². The van der Waals surface area contributed by atoms with Gasteiger partial charge in [-0.2, -0.15) is 0 Å². The Bertz CT molecular complexity index is 5810. The van der Waals surface area contributed by atoms with E-state index in [4.69, 9.17) is 22.4 Å². The second kappa shape index (κ2) is 97.8. The van der Waals surface area contributed by atoms with Crippen LogP contribution in [0.15, 0.2) is 0 Å². The van der Waals surface area contributed by atoms with Crippen LogP contribution in [0.3, 0.4) is 0 Å². The summed E-state index contributed by atoms with van der Waals surface area (Å²) >= 11 is 9.65. The van der Waals surface area contributed by atoms with Crippen molar-refractivity contribution in [3.05, 3.63) is 0 Å². The first kappa shape index (κ1) is 98.8. The van der Waals surface area contributed by atoms with Gasteiger partial charge in [-0.05, 0) is 0 Å². The highest BCUT2D eigenvalue weighted by molar-refractivity contribution is 8.85. The third-order valence-corrected chi connectivity index (χ3v) is 175. The fourth-order valence-electron chi connectivity index (χ4n) is 0.873. The fourth-order valence-corrected chi connectivity index (χ4v) is 212. The van der Waals surface area contributed by atoms with Crippen molar-refractivity contribution < 1.29 is 0 Å². The summed E-state index contributed by atoms with van der Waals surface area (Å²) in [6, 6.07) is 0. The summed E-state index contributed by atoms with van der Waals surface area (Å²) in [4.78, 5) is 0. The van der Waals surface area contributed by atoms with Gasteiger partial charge in [-0.25, -0.2) is 0 Å². The summed E-state index contributed by atoms with van der Waals surface area (Å²) in [7, 11) is 143. The molecule has 486 valence electrons. The molecule has 0 aromatic carbocycles. The van der Waals surface area contributed by atoms with E-state index in [-0.39, 0.29) is 0 Å². The molecule has 0 aliphatic carbocycles. The Hall–Kier alpha value is 17.8. The predicted molar refractivity (Wildman–Crippen MR) is 597 cm³/mol. The minimum atomic E-state index is 1.37. The third-order valence-electron chi connectivity index (χ3n) is 2.17. The molecule has 0 bridgehead atoms. The van der Waals surface area contributed by atoms with E-state index in [9.17, 15) is 0 Å². The lowest BCUT2D eigenvalue weighted by Crippen LogP contribution is -1.41. The Labute approximate surface area is 701 Å². The van der Waals surface area contributed by atoms with Gasteiger partial charge in [0.05, 0.1) is 0 Å². The molecule has 0 N–H and O–H groups in total. The van der Waals surface area contributed by atoms with Crippen molar-refractivity contribution in [1.29, 1.82) is 0 Å². The van der Waals surface area contributed by atoms with E-state index in [0.29, 0.717) is 0 Å². The van der Waals surface area contributed by atoms with Crippen LogP contribution in [-0.4, -0.2) is 0 Å². The standard InChI is InChI=1S/S81/c1-3-5-7-9-11-13-15-17-19-21-23-25-27-29-31-33-35-37-39-41-43-45-47-49-51-53-55-57-59-61-63-65-67-69-71-73-75-77-79-81-80-78-76-74-72-70-68-66-64-62-60-58-56-54-52-50-48-46-44-42-40-38-36-34-32-30-28-26-24-22-20-18-16-14-12-10-8-6-4-2. The molecule has 0 aliphatic heterocycles. The van der Waals surface area contributed by atoms with Gasteiger partial charge in [-0.15, -0.1) is 0 Å². The Morgan fingerprint density at radius 1 is 0.0617 bits per heavy atom. The Kier molecular flexibility index (Phi) is 119. The molecule has 0 spiro atoms. The Morgan fingerprint density at radius 2 is 0.0988 bits per heavy atom. The molecule has 0 atom stereocenters. The van der Waals surface area contributed by atoms with Crippen LogP contribution < -0.4 is 0 Å². The van der Waals surface area contributed by atoms with Crippen LogP contribution in [0.25, 0.3) is 0 Å². The second-order valence-electron chi connectivity index (χ2n) is 5.38. The fraction of sp³-hybridized carbons (Fsp3) is 0. The molecule has 81 heteroatoms. The van der Waals surface area contributed by atoms with E-state index < -0.39 is 0 Å². The molecular formula is S81. The normalized spacial score (nSPS) is 7.85. The van der Waals surface area contributed by atoms with Crippen molar-refractivity contribution in [2.45, 2.75) is 0 Å². The maximum atomic E-state index is 4.83. The van der Waals surface area contributed by atoms with Gasteiger partial charge >= 0.3 is 0 Å². The van der Waals surface area contributed by atoms with Crippen LogP contribution in [0.5, 0.6) is 0 Å². The van der Waals surface area contributed by atoms with Gasteiger partial charge < -0.3 is 0 Å². The molecule has 0 saturated carbocycles. The summed E-state index contributed by atoms with van der Waals surface area (Å²) in [6.07, 6.45) is 0. The van der Waals surface area contributed by atoms with E-state index >= 15 is 0 Å². The first-order valence-electron chi connectivity index (χ1n) is 13.3. The summed E-state index contributed by atoms with van der Waals surface area (Å²) in [5.74, 6) is 0. The average Bonchev–Trinajstić information content (AvgIpc) is 3.48. The molecule has 0 heterocycles. The zero-order chi connectivity index (χ0) is 57.9. The van der Waals surface area contributed by atoms with Crippen LogP contribution >= 0.6 is 0 Å². The van der Waals surface area contributed by atoms with Crippen LogP contribution in [0.1, 0.15) is 0 Å². The van der Waals surface area contributed by atoms with Crippen LogP contribution in [-0.2, 0) is 724 Å². The van der Waals surface area contributed by atoms with Gasteiger partial charge in [0.15, 0.2) is 0 Å². The van der Waals surface area contributed by atoms with E-state index in [1.54, 1.807) is 107 Å². The minimum absolute atomic E-state index is 1.37. The highest BCUT2D eigenvalue weighted by atomic mass is 33.6. The lowest BCUT2D eigenvalue weighted by Gasteiger charge is -1.41. The summed E-state index contributed by atoms with van der Waals surface area (Å²) in [6.45, 7) is 0. The van der Waals surface area contributed by atoms with E-state index in [2.05, 4.69) is 0 Å². The molecule has 0 rings (SSSR count). The van der Waals surface area contributed by atoms with Crippen molar-refractivity contribution in [3.8, 4) is 0 Å². The predicted octanol–water partition coefficient (Wildman–Crippen LogP) is -0.194. The Morgan fingerprint density at radius 3 is 0.136 bits per heavy atom. The molecule has 0 nitrogen and oxygen atoms in total. The van der Waals surface area contributed by atoms with Crippen LogP contribution in [0.2, 0.25) is 0 Å². The van der Waals surface area contributed by atoms with Gasteiger partial charge in [0.2, 0.25) is 0 Å². The van der Waals surface area contributed by atoms with Crippen molar-refractivity contribution >= 4 is 724 Å². The number of rotatable bonds is 0. The smallest absolute Gasteiger partial charge is 0 e. The number of hydrogen-bond donors (Lipinski definition) is 0. The van der Waals surface area contributed by atoms with E-state index in [1.165, 1.54) is 17.8 Å². The second-order valence-corrected chi connectivity index (χ2v) is 145. The van der Waals surface area contributed by atoms with Crippen molar-refractivity contribution in [2.24, 2.45) is 0 Å². The van der Waals surface area contributed by atoms with Crippen LogP contribution in [0.4, 0.5) is 0 Å². The van der Waals surface area contributed by atoms with E-state index in [1.807, 2.05) is 577 Å². The zero-order valence-corrected chi connectivity index (χ0v) is 99.2. The molecule has 81 heavy (non-hydrogen) atoms. The topological polar surface area (TPSA) is 0 Å². The molecule has 0 aliphatic rings.